The van der Waals surface area contributed by atoms with E-state index in [4.69, 9.17) is 0 Å². The maximum absolute atomic E-state index is 11.5. The predicted molar refractivity (Wildman–Crippen MR) is 78.8 cm³/mol. The molecule has 110 valence electrons. The number of aliphatic carboxylic acids is 1. The summed E-state index contributed by atoms with van der Waals surface area (Å²) in [5, 5.41) is 19.0. The van der Waals surface area contributed by atoms with Crippen LogP contribution in [0.5, 0.6) is 5.75 Å². The lowest BCUT2D eigenvalue weighted by Crippen LogP contribution is -2.39. The fourth-order valence-corrected chi connectivity index (χ4v) is 3.70. The molecule has 0 saturated heterocycles. The lowest BCUT2D eigenvalue weighted by molar-refractivity contribution is -0.151. The maximum Gasteiger partial charge on any atom is 0.309 e. The summed E-state index contributed by atoms with van der Waals surface area (Å²) >= 11 is 0. The Balaban J connectivity index is 2.23. The van der Waals surface area contributed by atoms with E-state index in [0.29, 0.717) is 11.7 Å². The molecule has 2 atom stereocenters. The topological polar surface area (TPSA) is 57.5 Å². The Morgan fingerprint density at radius 3 is 2.70 bits per heavy atom. The SMILES string of the molecule is CCC(C1CCc2cc(O)ccc2C1)C(C)(C)C(=O)O. The van der Waals surface area contributed by atoms with Gasteiger partial charge in [-0.15, -0.1) is 0 Å². The molecule has 0 fully saturated rings. The highest BCUT2D eigenvalue weighted by atomic mass is 16.4. The summed E-state index contributed by atoms with van der Waals surface area (Å²) in [6.07, 6.45) is 3.74. The Kier molecular flexibility index (Phi) is 4.07. The smallest absolute Gasteiger partial charge is 0.309 e. The number of aryl methyl sites for hydroxylation is 1. The van der Waals surface area contributed by atoms with Crippen LogP contribution in [-0.2, 0) is 17.6 Å². The summed E-state index contributed by atoms with van der Waals surface area (Å²) in [5.41, 5.74) is 1.79. The number of hydrogen-bond acceptors (Lipinski definition) is 2. The maximum atomic E-state index is 11.5. The Morgan fingerprint density at radius 2 is 2.10 bits per heavy atom. The first-order valence-electron chi connectivity index (χ1n) is 7.40. The third-order valence-electron chi connectivity index (χ3n) is 4.94. The molecule has 0 aliphatic heterocycles. The van der Waals surface area contributed by atoms with Crippen molar-refractivity contribution in [3.05, 3.63) is 29.3 Å². The van der Waals surface area contributed by atoms with E-state index in [1.807, 2.05) is 26.0 Å². The molecule has 2 N–H and O–H groups in total. The van der Waals surface area contributed by atoms with Crippen molar-refractivity contribution in [1.82, 2.24) is 0 Å². The summed E-state index contributed by atoms with van der Waals surface area (Å²) < 4.78 is 0. The third kappa shape index (κ3) is 2.67. The Hall–Kier alpha value is -1.51. The molecule has 1 aliphatic rings. The van der Waals surface area contributed by atoms with Gasteiger partial charge in [-0.2, -0.15) is 0 Å². The van der Waals surface area contributed by atoms with Gasteiger partial charge in [0.15, 0.2) is 0 Å². The van der Waals surface area contributed by atoms with E-state index >= 15 is 0 Å². The fourth-order valence-electron chi connectivity index (χ4n) is 3.70. The van der Waals surface area contributed by atoms with Gasteiger partial charge in [0.25, 0.3) is 0 Å². The fraction of sp³-hybridized carbons (Fsp3) is 0.588. The number of phenolic OH excluding ortho intramolecular Hbond substituents is 1. The Morgan fingerprint density at radius 1 is 1.40 bits per heavy atom. The Bertz CT molecular complexity index is 505. The van der Waals surface area contributed by atoms with E-state index in [1.54, 1.807) is 6.07 Å². The zero-order chi connectivity index (χ0) is 14.9. The minimum Gasteiger partial charge on any atom is -0.508 e. The summed E-state index contributed by atoms with van der Waals surface area (Å²) in [5.74, 6) is 0.200. The molecule has 0 amide bonds. The molecule has 0 spiro atoms. The Labute approximate surface area is 120 Å². The van der Waals surface area contributed by atoms with E-state index in [9.17, 15) is 15.0 Å². The lowest BCUT2D eigenvalue weighted by Gasteiger charge is -2.38. The summed E-state index contributed by atoms with van der Waals surface area (Å²) in [6, 6.07) is 5.55. The first-order chi connectivity index (χ1) is 9.36. The van der Waals surface area contributed by atoms with Gasteiger partial charge in [-0.1, -0.05) is 19.4 Å². The lowest BCUT2D eigenvalue weighted by atomic mass is 9.65. The van der Waals surface area contributed by atoms with Gasteiger partial charge in [-0.3, -0.25) is 4.79 Å². The van der Waals surface area contributed by atoms with Crippen LogP contribution < -0.4 is 0 Å². The van der Waals surface area contributed by atoms with Crippen LogP contribution in [0.2, 0.25) is 0 Å². The molecule has 2 unspecified atom stereocenters. The van der Waals surface area contributed by atoms with Crippen LogP contribution in [0.25, 0.3) is 0 Å². The predicted octanol–water partition coefficient (Wildman–Crippen LogP) is 3.63. The van der Waals surface area contributed by atoms with Crippen molar-refractivity contribution in [2.45, 2.75) is 46.5 Å². The first-order valence-corrected chi connectivity index (χ1v) is 7.40. The largest absolute Gasteiger partial charge is 0.508 e. The van der Waals surface area contributed by atoms with Gasteiger partial charge in [0.05, 0.1) is 5.41 Å². The summed E-state index contributed by atoms with van der Waals surface area (Å²) in [4.78, 5) is 11.5. The number of rotatable bonds is 4. The van der Waals surface area contributed by atoms with E-state index < -0.39 is 11.4 Å². The van der Waals surface area contributed by atoms with Crippen molar-refractivity contribution in [2.75, 3.05) is 0 Å². The molecule has 0 aromatic heterocycles. The van der Waals surface area contributed by atoms with Gasteiger partial charge in [0, 0.05) is 0 Å². The number of hydrogen-bond donors (Lipinski definition) is 2. The minimum atomic E-state index is -0.708. The van der Waals surface area contributed by atoms with Gasteiger partial charge < -0.3 is 10.2 Å². The molecule has 0 heterocycles. The molecule has 0 radical (unpaired) electrons. The number of aromatic hydroxyl groups is 1. The molecule has 3 heteroatoms. The highest BCUT2D eigenvalue weighted by molar-refractivity contribution is 5.74. The van der Waals surface area contributed by atoms with Gasteiger partial charge >= 0.3 is 5.97 Å². The quantitative estimate of drug-likeness (QED) is 0.882. The van der Waals surface area contributed by atoms with E-state index in [1.165, 1.54) is 11.1 Å². The molecule has 20 heavy (non-hydrogen) atoms. The summed E-state index contributed by atoms with van der Waals surface area (Å²) in [6.45, 7) is 5.77. The monoisotopic (exact) mass is 276 g/mol. The van der Waals surface area contributed by atoms with Crippen LogP contribution in [-0.4, -0.2) is 16.2 Å². The summed E-state index contributed by atoms with van der Waals surface area (Å²) in [7, 11) is 0. The number of fused-ring (bicyclic) bond motifs is 1. The number of carboxylic acids is 1. The van der Waals surface area contributed by atoms with Crippen LogP contribution in [0.4, 0.5) is 0 Å². The zero-order valence-electron chi connectivity index (χ0n) is 12.5. The van der Waals surface area contributed by atoms with Crippen molar-refractivity contribution >= 4 is 5.97 Å². The molecule has 0 bridgehead atoms. The van der Waals surface area contributed by atoms with Crippen LogP contribution in [0, 0.1) is 17.3 Å². The molecule has 3 nitrogen and oxygen atoms in total. The molecule has 1 aromatic rings. The van der Waals surface area contributed by atoms with E-state index in [-0.39, 0.29) is 5.92 Å². The molecule has 2 rings (SSSR count). The third-order valence-corrected chi connectivity index (χ3v) is 4.94. The molecule has 0 saturated carbocycles. The molecular weight excluding hydrogens is 252 g/mol. The number of benzene rings is 1. The number of phenols is 1. The standard InChI is InChI=1S/C17H24O3/c1-4-15(17(2,3)16(19)20)13-6-5-12-10-14(18)8-7-11(12)9-13/h7-8,10,13,15,18H,4-6,9H2,1-3H3,(H,19,20). The second-order valence-electron chi connectivity index (χ2n) is 6.50. The van der Waals surface area contributed by atoms with Gasteiger partial charge in [-0.25, -0.2) is 0 Å². The van der Waals surface area contributed by atoms with Crippen LogP contribution >= 0.6 is 0 Å². The van der Waals surface area contributed by atoms with Crippen LogP contribution in [0.3, 0.4) is 0 Å². The van der Waals surface area contributed by atoms with Crippen LogP contribution in [0.15, 0.2) is 18.2 Å². The van der Waals surface area contributed by atoms with Crippen molar-refractivity contribution in [1.29, 1.82) is 0 Å². The highest BCUT2D eigenvalue weighted by Gasteiger charge is 2.41. The second kappa shape index (κ2) is 5.47. The average molecular weight is 276 g/mol. The van der Waals surface area contributed by atoms with Gasteiger partial charge in [0.2, 0.25) is 0 Å². The highest BCUT2D eigenvalue weighted by Crippen LogP contribution is 2.42. The molecular formula is C17H24O3. The van der Waals surface area contributed by atoms with Gasteiger partial charge in [0.1, 0.15) is 5.75 Å². The minimum absolute atomic E-state index is 0.182. The second-order valence-corrected chi connectivity index (χ2v) is 6.50. The average Bonchev–Trinajstić information content (AvgIpc) is 2.39. The number of carboxylic acid groups (broad SMARTS) is 1. The van der Waals surface area contributed by atoms with Crippen molar-refractivity contribution < 1.29 is 15.0 Å². The number of carbonyl (C=O) groups is 1. The van der Waals surface area contributed by atoms with E-state index in [2.05, 4.69) is 6.92 Å². The van der Waals surface area contributed by atoms with Crippen molar-refractivity contribution in [2.24, 2.45) is 17.3 Å². The van der Waals surface area contributed by atoms with Crippen molar-refractivity contribution in [3.63, 3.8) is 0 Å². The van der Waals surface area contributed by atoms with Gasteiger partial charge in [-0.05, 0) is 68.2 Å². The molecule has 1 aliphatic carbocycles. The van der Waals surface area contributed by atoms with Crippen molar-refractivity contribution in [3.8, 4) is 5.75 Å². The normalized spacial score (nSPS) is 20.2. The zero-order valence-corrected chi connectivity index (χ0v) is 12.5. The molecule has 1 aromatic carbocycles. The van der Waals surface area contributed by atoms with Crippen LogP contribution in [0.1, 0.15) is 44.7 Å². The van der Waals surface area contributed by atoms with E-state index in [0.717, 1.165) is 25.7 Å². The first kappa shape index (κ1) is 14.9.